The molecule has 0 aromatic carbocycles. The molecule has 1 amide bonds. The van der Waals surface area contributed by atoms with Gasteiger partial charge in [0.15, 0.2) is 0 Å². The molecule has 0 radical (unpaired) electrons. The molecule has 10 heteroatoms. The SMILES string of the molecule is CCc1[nH]c(=O)ccc1C(=O)NCCn1cnnn1.O=CO. The van der Waals surface area contributed by atoms with Crippen molar-refractivity contribution in [2.45, 2.75) is 19.9 Å². The second kappa shape index (κ2) is 9.00. The number of nitrogens with zero attached hydrogens (tertiary/aromatic N) is 4. The summed E-state index contributed by atoms with van der Waals surface area (Å²) in [5, 5.41) is 20.3. The molecule has 3 N–H and O–H groups in total. The number of rotatable bonds is 5. The van der Waals surface area contributed by atoms with Crippen LogP contribution in [0.2, 0.25) is 0 Å². The van der Waals surface area contributed by atoms with Gasteiger partial charge in [0, 0.05) is 18.3 Å². The summed E-state index contributed by atoms with van der Waals surface area (Å²) in [6, 6.07) is 2.87. The zero-order valence-electron chi connectivity index (χ0n) is 11.9. The molecule has 0 spiro atoms. The van der Waals surface area contributed by atoms with Gasteiger partial charge in [0.25, 0.3) is 12.4 Å². The Morgan fingerprint density at radius 2 is 2.23 bits per heavy atom. The minimum atomic E-state index is -0.250. The summed E-state index contributed by atoms with van der Waals surface area (Å²) in [7, 11) is 0. The minimum Gasteiger partial charge on any atom is -0.483 e. The predicted molar refractivity (Wildman–Crippen MR) is 75.3 cm³/mol. The molecule has 118 valence electrons. The summed E-state index contributed by atoms with van der Waals surface area (Å²) in [5.41, 5.74) is 0.910. The predicted octanol–water partition coefficient (Wildman–Crippen LogP) is -0.945. The van der Waals surface area contributed by atoms with Crippen LogP contribution in [0.3, 0.4) is 0 Å². The van der Waals surface area contributed by atoms with E-state index in [2.05, 4.69) is 25.8 Å². The first-order valence-electron chi connectivity index (χ1n) is 6.41. The van der Waals surface area contributed by atoms with Gasteiger partial charge >= 0.3 is 0 Å². The van der Waals surface area contributed by atoms with Crippen LogP contribution in [0.1, 0.15) is 23.0 Å². The molecule has 0 aliphatic carbocycles. The Hall–Kier alpha value is -3.04. The second-order valence-corrected chi connectivity index (χ2v) is 4.00. The molecule has 0 bridgehead atoms. The Bertz CT molecular complexity index is 652. The second-order valence-electron chi connectivity index (χ2n) is 4.00. The smallest absolute Gasteiger partial charge is 0.290 e. The first-order valence-corrected chi connectivity index (χ1v) is 6.41. The maximum absolute atomic E-state index is 12.0. The van der Waals surface area contributed by atoms with Crippen molar-refractivity contribution < 1.29 is 14.7 Å². The van der Waals surface area contributed by atoms with Gasteiger partial charge in [-0.15, -0.1) is 5.10 Å². The molecule has 10 nitrogen and oxygen atoms in total. The fraction of sp³-hybridized carbons (Fsp3) is 0.333. The highest BCUT2D eigenvalue weighted by Crippen LogP contribution is 2.03. The standard InChI is InChI=1S/C11H14N6O2.CH2O2/c1-2-9-8(3-4-10(18)14-9)11(19)12-5-6-17-7-13-15-16-17;2-1-3/h3-4,7H,2,5-6H2,1H3,(H,12,19)(H,14,18);1H,(H,2,3). The lowest BCUT2D eigenvalue weighted by Crippen LogP contribution is -2.29. The molecule has 0 saturated heterocycles. The van der Waals surface area contributed by atoms with Crippen molar-refractivity contribution in [1.82, 2.24) is 30.5 Å². The third kappa shape index (κ3) is 5.15. The fourth-order valence-electron chi connectivity index (χ4n) is 1.67. The highest BCUT2D eigenvalue weighted by Gasteiger charge is 2.10. The van der Waals surface area contributed by atoms with Crippen LogP contribution in [-0.2, 0) is 17.8 Å². The number of aromatic amines is 1. The molecule has 2 aromatic rings. The number of carbonyl (C=O) groups excluding carboxylic acids is 1. The first kappa shape index (κ1) is 17.0. The maximum Gasteiger partial charge on any atom is 0.290 e. The van der Waals surface area contributed by atoms with Crippen LogP contribution in [0.5, 0.6) is 0 Å². The van der Waals surface area contributed by atoms with Crippen LogP contribution in [0.25, 0.3) is 0 Å². The van der Waals surface area contributed by atoms with E-state index < -0.39 is 0 Å². The highest BCUT2D eigenvalue weighted by atomic mass is 16.3. The third-order valence-corrected chi connectivity index (χ3v) is 2.62. The lowest BCUT2D eigenvalue weighted by atomic mass is 10.1. The number of carbonyl (C=O) groups is 2. The molecule has 0 fully saturated rings. The van der Waals surface area contributed by atoms with E-state index in [-0.39, 0.29) is 17.9 Å². The molecule has 2 heterocycles. The summed E-state index contributed by atoms with van der Waals surface area (Å²) in [6.45, 7) is 2.53. The third-order valence-electron chi connectivity index (χ3n) is 2.62. The van der Waals surface area contributed by atoms with E-state index in [1.54, 1.807) is 0 Å². The van der Waals surface area contributed by atoms with Crippen LogP contribution < -0.4 is 10.9 Å². The van der Waals surface area contributed by atoms with Gasteiger partial charge in [-0.05, 0) is 22.9 Å². The summed E-state index contributed by atoms with van der Waals surface area (Å²) in [6.07, 6.45) is 2.06. The number of nitrogens with one attached hydrogen (secondary N) is 2. The van der Waals surface area contributed by atoms with Crippen LogP contribution in [0.15, 0.2) is 23.3 Å². The topological polar surface area (TPSA) is 143 Å². The Labute approximate surface area is 125 Å². The van der Waals surface area contributed by atoms with Crippen LogP contribution in [0, 0.1) is 0 Å². The average Bonchev–Trinajstić information content (AvgIpc) is 3.01. The maximum atomic E-state index is 12.0. The molecule has 0 unspecified atom stereocenters. The van der Waals surface area contributed by atoms with E-state index >= 15 is 0 Å². The number of amides is 1. The van der Waals surface area contributed by atoms with Crippen LogP contribution in [0.4, 0.5) is 0 Å². The monoisotopic (exact) mass is 308 g/mol. The number of H-pyrrole nitrogens is 1. The van der Waals surface area contributed by atoms with Crippen molar-refractivity contribution in [3.63, 3.8) is 0 Å². The van der Waals surface area contributed by atoms with Gasteiger partial charge in [0.05, 0.1) is 12.1 Å². The molecule has 22 heavy (non-hydrogen) atoms. The molecule has 0 saturated carbocycles. The fourth-order valence-corrected chi connectivity index (χ4v) is 1.67. The minimum absolute atomic E-state index is 0.206. The van der Waals surface area contributed by atoms with Gasteiger partial charge in [0.2, 0.25) is 5.56 Å². The number of pyridine rings is 1. The highest BCUT2D eigenvalue weighted by molar-refractivity contribution is 5.95. The number of hydrogen-bond donors (Lipinski definition) is 3. The van der Waals surface area contributed by atoms with Crippen molar-refractivity contribution in [2.24, 2.45) is 0 Å². The number of aromatic nitrogens is 5. The van der Waals surface area contributed by atoms with Crippen molar-refractivity contribution in [2.75, 3.05) is 6.54 Å². The van der Waals surface area contributed by atoms with E-state index in [0.717, 1.165) is 0 Å². The van der Waals surface area contributed by atoms with E-state index in [1.807, 2.05) is 6.92 Å². The van der Waals surface area contributed by atoms with Crippen molar-refractivity contribution in [3.05, 3.63) is 40.1 Å². The van der Waals surface area contributed by atoms with Gasteiger partial charge in [-0.3, -0.25) is 14.4 Å². The van der Waals surface area contributed by atoms with E-state index in [4.69, 9.17) is 9.90 Å². The number of carboxylic acid groups (broad SMARTS) is 1. The summed E-state index contributed by atoms with van der Waals surface area (Å²) in [4.78, 5) is 34.2. The zero-order valence-corrected chi connectivity index (χ0v) is 11.9. The van der Waals surface area contributed by atoms with Gasteiger partial charge < -0.3 is 15.4 Å². The largest absolute Gasteiger partial charge is 0.483 e. The van der Waals surface area contributed by atoms with Crippen LogP contribution in [-0.4, -0.2) is 49.2 Å². The van der Waals surface area contributed by atoms with E-state index in [0.29, 0.717) is 30.8 Å². The number of hydrogen-bond acceptors (Lipinski definition) is 6. The van der Waals surface area contributed by atoms with Crippen LogP contribution >= 0.6 is 0 Å². The van der Waals surface area contributed by atoms with Gasteiger partial charge in [-0.2, -0.15) is 0 Å². The summed E-state index contributed by atoms with van der Waals surface area (Å²) >= 11 is 0. The first-order chi connectivity index (χ1) is 10.6. The number of aryl methyl sites for hydroxylation is 1. The lowest BCUT2D eigenvalue weighted by Gasteiger charge is -2.08. The normalized spacial score (nSPS) is 9.50. The molecule has 2 rings (SSSR count). The van der Waals surface area contributed by atoms with E-state index in [9.17, 15) is 9.59 Å². The molecular formula is C12H16N6O4. The molecule has 0 aliphatic heterocycles. The van der Waals surface area contributed by atoms with Crippen molar-refractivity contribution in [3.8, 4) is 0 Å². The molecule has 0 atom stereocenters. The molecule has 2 aromatic heterocycles. The quantitative estimate of drug-likeness (QED) is 0.604. The Morgan fingerprint density at radius 1 is 1.50 bits per heavy atom. The van der Waals surface area contributed by atoms with Gasteiger partial charge in [-0.25, -0.2) is 4.68 Å². The summed E-state index contributed by atoms with van der Waals surface area (Å²) < 4.78 is 1.52. The summed E-state index contributed by atoms with van der Waals surface area (Å²) in [5.74, 6) is -0.221. The zero-order chi connectivity index (χ0) is 16.4. The Balaban J connectivity index is 0.000000745. The number of tetrazole rings is 1. The van der Waals surface area contributed by atoms with Crippen molar-refractivity contribution >= 4 is 12.4 Å². The van der Waals surface area contributed by atoms with Gasteiger partial charge in [0.1, 0.15) is 6.33 Å². The molecule has 0 aliphatic rings. The van der Waals surface area contributed by atoms with Crippen molar-refractivity contribution in [1.29, 1.82) is 0 Å². The average molecular weight is 308 g/mol. The molecular weight excluding hydrogens is 292 g/mol. The van der Waals surface area contributed by atoms with E-state index in [1.165, 1.54) is 23.1 Å². The Kier molecular flexibility index (Phi) is 6.96. The lowest BCUT2D eigenvalue weighted by molar-refractivity contribution is -0.122. The Morgan fingerprint density at radius 3 is 2.82 bits per heavy atom. The van der Waals surface area contributed by atoms with Gasteiger partial charge in [-0.1, -0.05) is 6.92 Å².